The first-order valence-electron chi connectivity index (χ1n) is 6.49. The monoisotopic (exact) mass is 319 g/mol. The van der Waals surface area contributed by atoms with Crippen LogP contribution in [0.1, 0.15) is 10.4 Å². The number of anilines is 2. The van der Waals surface area contributed by atoms with Gasteiger partial charge < -0.3 is 10.2 Å². The number of sulfonamides is 1. The zero-order valence-corrected chi connectivity index (χ0v) is 13.1. The van der Waals surface area contributed by atoms with Gasteiger partial charge in [-0.3, -0.25) is 4.79 Å². The van der Waals surface area contributed by atoms with Gasteiger partial charge in [-0.1, -0.05) is 12.1 Å². The second kappa shape index (κ2) is 6.17. The highest BCUT2D eigenvalue weighted by molar-refractivity contribution is 7.89. The predicted octanol–water partition coefficient (Wildman–Crippen LogP) is 1.65. The summed E-state index contributed by atoms with van der Waals surface area (Å²) in [6.45, 7) is 0. The Hall–Kier alpha value is -2.38. The van der Waals surface area contributed by atoms with Crippen molar-refractivity contribution >= 4 is 27.3 Å². The number of nitrogens with one attached hydrogen (secondary N) is 1. The largest absolute Gasteiger partial charge is 0.376 e. The summed E-state index contributed by atoms with van der Waals surface area (Å²) in [7, 11) is 0.00119. The summed E-state index contributed by atoms with van der Waals surface area (Å²) in [5, 5.41) is 7.83. The molecule has 2 aromatic rings. The first kappa shape index (κ1) is 16.0. The summed E-state index contributed by atoms with van der Waals surface area (Å²) in [4.78, 5) is 14.1. The molecule has 0 spiro atoms. The molecule has 0 saturated carbocycles. The van der Waals surface area contributed by atoms with Gasteiger partial charge in [-0.25, -0.2) is 13.6 Å². The fourth-order valence-electron chi connectivity index (χ4n) is 1.96. The highest BCUT2D eigenvalue weighted by Crippen LogP contribution is 2.24. The van der Waals surface area contributed by atoms with Gasteiger partial charge in [-0.05, 0) is 36.4 Å². The smallest absolute Gasteiger partial charge is 0.255 e. The number of amides is 1. The molecule has 2 aromatic carbocycles. The number of benzene rings is 2. The fourth-order valence-corrected chi connectivity index (χ4v) is 2.48. The number of nitrogens with two attached hydrogens (primary N) is 1. The van der Waals surface area contributed by atoms with E-state index >= 15 is 0 Å². The van der Waals surface area contributed by atoms with Gasteiger partial charge in [0.05, 0.1) is 16.3 Å². The molecule has 3 N–H and O–H groups in total. The van der Waals surface area contributed by atoms with E-state index < -0.39 is 10.0 Å². The van der Waals surface area contributed by atoms with Crippen LogP contribution in [0.15, 0.2) is 53.4 Å². The van der Waals surface area contributed by atoms with Crippen molar-refractivity contribution < 1.29 is 13.2 Å². The van der Waals surface area contributed by atoms with Gasteiger partial charge in [-0.15, -0.1) is 0 Å². The molecule has 22 heavy (non-hydrogen) atoms. The quantitative estimate of drug-likeness (QED) is 0.896. The van der Waals surface area contributed by atoms with E-state index in [1.807, 2.05) is 37.2 Å². The lowest BCUT2D eigenvalue weighted by Gasteiger charge is -2.17. The number of hydrogen-bond donors (Lipinski definition) is 2. The molecule has 0 aliphatic heterocycles. The molecule has 1 amide bonds. The van der Waals surface area contributed by atoms with E-state index in [9.17, 15) is 13.2 Å². The van der Waals surface area contributed by atoms with E-state index in [0.29, 0.717) is 11.3 Å². The van der Waals surface area contributed by atoms with Crippen molar-refractivity contribution in [2.24, 2.45) is 5.14 Å². The van der Waals surface area contributed by atoms with E-state index in [0.717, 1.165) is 5.69 Å². The van der Waals surface area contributed by atoms with Gasteiger partial charge in [0.15, 0.2) is 0 Å². The van der Waals surface area contributed by atoms with Crippen molar-refractivity contribution in [1.82, 2.24) is 0 Å². The standard InChI is InChI=1S/C15H17N3O3S/c1-18(2)14-6-4-3-5-13(14)17-15(19)11-7-9-12(10-8-11)22(16,20)21/h3-10H,1-2H3,(H,17,19)(H2,16,20,21). The Balaban J connectivity index is 2.23. The van der Waals surface area contributed by atoms with Crippen molar-refractivity contribution in [2.45, 2.75) is 4.90 Å². The molecule has 0 fully saturated rings. The lowest BCUT2D eigenvalue weighted by molar-refractivity contribution is 0.102. The zero-order valence-electron chi connectivity index (χ0n) is 12.3. The summed E-state index contributed by atoms with van der Waals surface area (Å²) >= 11 is 0. The highest BCUT2D eigenvalue weighted by atomic mass is 32.2. The van der Waals surface area contributed by atoms with E-state index in [1.165, 1.54) is 24.3 Å². The highest BCUT2D eigenvalue weighted by Gasteiger charge is 2.12. The van der Waals surface area contributed by atoms with Crippen LogP contribution in [0.5, 0.6) is 0 Å². The summed E-state index contributed by atoms with van der Waals surface area (Å²) in [6, 6.07) is 12.9. The third kappa shape index (κ3) is 3.63. The topological polar surface area (TPSA) is 92.5 Å². The zero-order chi connectivity index (χ0) is 16.3. The van der Waals surface area contributed by atoms with Gasteiger partial charge in [-0.2, -0.15) is 0 Å². The van der Waals surface area contributed by atoms with Crippen LogP contribution in [0.25, 0.3) is 0 Å². The average molecular weight is 319 g/mol. The van der Waals surface area contributed by atoms with E-state index in [2.05, 4.69) is 5.32 Å². The molecule has 116 valence electrons. The number of carbonyl (C=O) groups is 1. The Kier molecular flexibility index (Phi) is 4.48. The van der Waals surface area contributed by atoms with Crippen LogP contribution < -0.4 is 15.4 Å². The van der Waals surface area contributed by atoms with Crippen LogP contribution in [0.3, 0.4) is 0 Å². The lowest BCUT2D eigenvalue weighted by atomic mass is 10.2. The minimum Gasteiger partial charge on any atom is -0.376 e. The van der Waals surface area contributed by atoms with E-state index in [1.54, 1.807) is 6.07 Å². The Morgan fingerprint density at radius 3 is 2.18 bits per heavy atom. The summed E-state index contributed by atoms with van der Waals surface area (Å²) in [5.74, 6) is -0.324. The fraction of sp³-hybridized carbons (Fsp3) is 0.133. The molecule has 0 heterocycles. The number of primary sulfonamides is 1. The van der Waals surface area contributed by atoms with E-state index in [-0.39, 0.29) is 10.8 Å². The molecule has 0 bridgehead atoms. The molecule has 0 unspecified atom stereocenters. The number of nitrogens with zero attached hydrogens (tertiary/aromatic N) is 1. The molecule has 0 aromatic heterocycles. The average Bonchev–Trinajstić information content (AvgIpc) is 2.46. The van der Waals surface area contributed by atoms with Gasteiger partial charge >= 0.3 is 0 Å². The molecule has 0 aliphatic rings. The van der Waals surface area contributed by atoms with Crippen molar-refractivity contribution in [2.75, 3.05) is 24.3 Å². The van der Waals surface area contributed by atoms with Gasteiger partial charge in [0.1, 0.15) is 0 Å². The van der Waals surface area contributed by atoms with Crippen LogP contribution >= 0.6 is 0 Å². The van der Waals surface area contributed by atoms with Crippen molar-refractivity contribution in [3.63, 3.8) is 0 Å². The first-order chi connectivity index (χ1) is 10.3. The third-order valence-electron chi connectivity index (χ3n) is 3.08. The molecule has 0 atom stereocenters. The minimum atomic E-state index is -3.76. The van der Waals surface area contributed by atoms with Crippen LogP contribution in [-0.2, 0) is 10.0 Å². The Morgan fingerprint density at radius 1 is 1.05 bits per heavy atom. The van der Waals surface area contributed by atoms with Crippen molar-refractivity contribution in [3.05, 3.63) is 54.1 Å². The van der Waals surface area contributed by atoms with E-state index in [4.69, 9.17) is 5.14 Å². The van der Waals surface area contributed by atoms with Crippen molar-refractivity contribution in [3.8, 4) is 0 Å². The van der Waals surface area contributed by atoms with Crippen LogP contribution in [-0.4, -0.2) is 28.4 Å². The van der Waals surface area contributed by atoms with Crippen molar-refractivity contribution in [1.29, 1.82) is 0 Å². The Bertz CT molecular complexity index is 784. The third-order valence-corrected chi connectivity index (χ3v) is 4.01. The number of carbonyl (C=O) groups excluding carboxylic acids is 1. The molecule has 7 heteroatoms. The second-order valence-electron chi connectivity index (χ2n) is 4.94. The molecule has 0 aliphatic carbocycles. The maximum atomic E-state index is 12.2. The summed E-state index contributed by atoms with van der Waals surface area (Å²) in [6.07, 6.45) is 0. The van der Waals surface area contributed by atoms with Gasteiger partial charge in [0.25, 0.3) is 5.91 Å². The molecular formula is C15H17N3O3S. The first-order valence-corrected chi connectivity index (χ1v) is 8.04. The molecule has 0 radical (unpaired) electrons. The maximum absolute atomic E-state index is 12.2. The lowest BCUT2D eigenvalue weighted by Crippen LogP contribution is -2.17. The SMILES string of the molecule is CN(C)c1ccccc1NC(=O)c1ccc(S(N)(=O)=O)cc1. The Morgan fingerprint density at radius 2 is 1.64 bits per heavy atom. The summed E-state index contributed by atoms with van der Waals surface area (Å²) in [5.41, 5.74) is 1.89. The Labute approximate surface area is 129 Å². The molecule has 0 saturated heterocycles. The van der Waals surface area contributed by atoms with Gasteiger partial charge in [0, 0.05) is 19.7 Å². The molecule has 2 rings (SSSR count). The van der Waals surface area contributed by atoms with Crippen LogP contribution in [0.2, 0.25) is 0 Å². The minimum absolute atomic E-state index is 0.0299. The van der Waals surface area contributed by atoms with Crippen LogP contribution in [0, 0.1) is 0 Å². The normalized spacial score (nSPS) is 11.0. The number of rotatable bonds is 4. The maximum Gasteiger partial charge on any atom is 0.255 e. The number of hydrogen-bond acceptors (Lipinski definition) is 4. The molecular weight excluding hydrogens is 302 g/mol. The molecule has 6 nitrogen and oxygen atoms in total. The van der Waals surface area contributed by atoms with Gasteiger partial charge in [0.2, 0.25) is 10.0 Å². The summed E-state index contributed by atoms with van der Waals surface area (Å²) < 4.78 is 22.4. The van der Waals surface area contributed by atoms with Crippen LogP contribution in [0.4, 0.5) is 11.4 Å². The number of para-hydroxylation sites is 2. The second-order valence-corrected chi connectivity index (χ2v) is 6.50. The predicted molar refractivity (Wildman–Crippen MR) is 86.5 cm³/mol.